The molecule has 0 amide bonds. The van der Waals surface area contributed by atoms with Crippen LogP contribution in [0.4, 0.5) is 4.39 Å². The summed E-state index contributed by atoms with van der Waals surface area (Å²) in [5, 5.41) is 0. The van der Waals surface area contributed by atoms with Crippen LogP contribution in [0, 0.1) is 5.82 Å². The fraction of sp³-hybridized carbons (Fsp3) is 0.375. The van der Waals surface area contributed by atoms with E-state index < -0.39 is 0 Å². The Bertz CT molecular complexity index is 235. The minimum atomic E-state index is -0.303. The maximum Gasteiger partial charge on any atom is 0.141 e. The first kappa shape index (κ1) is 8.14. The van der Waals surface area contributed by atoms with E-state index in [9.17, 15) is 4.39 Å². The number of pyridine rings is 1. The molecule has 2 N–H and O–H groups in total. The molecule has 1 aromatic heterocycles. The topological polar surface area (TPSA) is 38.9 Å². The van der Waals surface area contributed by atoms with Gasteiger partial charge in [-0.25, -0.2) is 4.39 Å². The van der Waals surface area contributed by atoms with Gasteiger partial charge in [0.2, 0.25) is 0 Å². The van der Waals surface area contributed by atoms with E-state index in [1.54, 1.807) is 6.20 Å². The lowest BCUT2D eigenvalue weighted by Gasteiger charge is -2.03. The predicted octanol–water partition coefficient (Wildman–Crippen LogP) is 1.11. The molecule has 1 atom stereocenters. The van der Waals surface area contributed by atoms with Crippen molar-refractivity contribution < 1.29 is 4.39 Å². The van der Waals surface area contributed by atoms with Crippen LogP contribution < -0.4 is 5.73 Å². The Labute approximate surface area is 65.3 Å². The third-order valence-corrected chi connectivity index (χ3v) is 1.32. The second-order valence-corrected chi connectivity index (χ2v) is 2.69. The molecule has 0 bridgehead atoms. The van der Waals surface area contributed by atoms with Crippen molar-refractivity contribution in [1.29, 1.82) is 0 Å². The van der Waals surface area contributed by atoms with Crippen molar-refractivity contribution in [3.05, 3.63) is 29.8 Å². The molecule has 0 saturated heterocycles. The first-order valence-electron chi connectivity index (χ1n) is 3.53. The van der Waals surface area contributed by atoms with Gasteiger partial charge in [0, 0.05) is 12.2 Å². The normalized spacial score (nSPS) is 13.0. The zero-order valence-corrected chi connectivity index (χ0v) is 6.42. The number of nitrogens with zero attached hydrogens (tertiary/aromatic N) is 1. The molecule has 0 aromatic carbocycles. The van der Waals surface area contributed by atoms with Crippen molar-refractivity contribution in [2.75, 3.05) is 0 Å². The molecule has 60 valence electrons. The lowest BCUT2D eigenvalue weighted by molar-refractivity contribution is 0.615. The van der Waals surface area contributed by atoms with Crippen molar-refractivity contribution in [3.63, 3.8) is 0 Å². The summed E-state index contributed by atoms with van der Waals surface area (Å²) in [7, 11) is 0. The number of rotatable bonds is 2. The van der Waals surface area contributed by atoms with Gasteiger partial charge in [-0.3, -0.25) is 4.98 Å². The first-order chi connectivity index (χ1) is 5.18. The Balaban J connectivity index is 2.71. The molecule has 0 fully saturated rings. The number of hydrogen-bond donors (Lipinski definition) is 1. The molecule has 0 spiro atoms. The molecule has 0 saturated carbocycles. The molecule has 1 aromatic rings. The summed E-state index contributed by atoms with van der Waals surface area (Å²) >= 11 is 0. The highest BCUT2D eigenvalue weighted by atomic mass is 19.1. The van der Waals surface area contributed by atoms with Crippen molar-refractivity contribution in [1.82, 2.24) is 4.98 Å². The van der Waals surface area contributed by atoms with Gasteiger partial charge in [-0.15, -0.1) is 0 Å². The number of halogens is 1. The Morgan fingerprint density at radius 3 is 2.91 bits per heavy atom. The van der Waals surface area contributed by atoms with Crippen LogP contribution in [-0.2, 0) is 6.42 Å². The SMILES string of the molecule is CC(N)Cc1cncc(F)c1. The third-order valence-electron chi connectivity index (χ3n) is 1.32. The second-order valence-electron chi connectivity index (χ2n) is 2.69. The largest absolute Gasteiger partial charge is 0.328 e. The van der Waals surface area contributed by atoms with Crippen LogP contribution in [0.3, 0.4) is 0 Å². The van der Waals surface area contributed by atoms with Crippen LogP contribution in [0.1, 0.15) is 12.5 Å². The van der Waals surface area contributed by atoms with E-state index in [1.807, 2.05) is 6.92 Å². The van der Waals surface area contributed by atoms with Crippen molar-refractivity contribution in [2.24, 2.45) is 5.73 Å². The van der Waals surface area contributed by atoms with Gasteiger partial charge >= 0.3 is 0 Å². The van der Waals surface area contributed by atoms with Crippen LogP contribution in [0.25, 0.3) is 0 Å². The van der Waals surface area contributed by atoms with Crippen molar-refractivity contribution in [3.8, 4) is 0 Å². The molecular weight excluding hydrogens is 143 g/mol. The molecule has 0 radical (unpaired) electrons. The van der Waals surface area contributed by atoms with Crippen LogP contribution in [0.2, 0.25) is 0 Å². The summed E-state index contributed by atoms with van der Waals surface area (Å²) in [4.78, 5) is 3.71. The van der Waals surface area contributed by atoms with Crippen LogP contribution in [0.15, 0.2) is 18.5 Å². The lowest BCUT2D eigenvalue weighted by atomic mass is 10.1. The Hall–Kier alpha value is -0.960. The molecular formula is C8H11FN2. The summed E-state index contributed by atoms with van der Waals surface area (Å²) in [5.41, 5.74) is 6.37. The molecule has 1 unspecified atom stereocenters. The molecule has 0 aliphatic rings. The molecule has 1 rings (SSSR count). The van der Waals surface area contributed by atoms with Crippen molar-refractivity contribution in [2.45, 2.75) is 19.4 Å². The van der Waals surface area contributed by atoms with E-state index in [-0.39, 0.29) is 11.9 Å². The highest BCUT2D eigenvalue weighted by molar-refractivity contribution is 5.11. The fourth-order valence-corrected chi connectivity index (χ4v) is 0.939. The molecule has 0 aliphatic carbocycles. The number of nitrogens with two attached hydrogens (primary N) is 1. The molecule has 11 heavy (non-hydrogen) atoms. The van der Waals surface area contributed by atoms with Gasteiger partial charge in [0.25, 0.3) is 0 Å². The fourth-order valence-electron chi connectivity index (χ4n) is 0.939. The van der Waals surface area contributed by atoms with Gasteiger partial charge in [-0.2, -0.15) is 0 Å². The summed E-state index contributed by atoms with van der Waals surface area (Å²) in [5.74, 6) is -0.303. The predicted molar refractivity (Wildman–Crippen MR) is 41.5 cm³/mol. The summed E-state index contributed by atoms with van der Waals surface area (Å²) in [6, 6.07) is 1.51. The molecule has 3 heteroatoms. The maximum absolute atomic E-state index is 12.5. The summed E-state index contributed by atoms with van der Waals surface area (Å²) in [6.07, 6.45) is 3.49. The molecule has 1 heterocycles. The Morgan fingerprint density at radius 2 is 2.36 bits per heavy atom. The minimum absolute atomic E-state index is 0.0543. The van der Waals surface area contributed by atoms with E-state index in [1.165, 1.54) is 12.3 Å². The van der Waals surface area contributed by atoms with Gasteiger partial charge in [-0.1, -0.05) is 0 Å². The third kappa shape index (κ3) is 2.63. The zero-order chi connectivity index (χ0) is 8.27. The average Bonchev–Trinajstić information content (AvgIpc) is 1.85. The number of aromatic nitrogens is 1. The van der Waals surface area contributed by atoms with E-state index in [0.29, 0.717) is 6.42 Å². The Kier molecular flexibility index (Phi) is 2.54. The van der Waals surface area contributed by atoms with E-state index in [2.05, 4.69) is 4.98 Å². The van der Waals surface area contributed by atoms with E-state index in [0.717, 1.165) is 5.56 Å². The van der Waals surface area contributed by atoms with Gasteiger partial charge in [-0.05, 0) is 25.0 Å². The molecule has 0 aliphatic heterocycles. The second kappa shape index (κ2) is 3.44. The monoisotopic (exact) mass is 154 g/mol. The average molecular weight is 154 g/mol. The van der Waals surface area contributed by atoms with E-state index >= 15 is 0 Å². The quantitative estimate of drug-likeness (QED) is 0.693. The van der Waals surface area contributed by atoms with E-state index in [4.69, 9.17) is 5.73 Å². The van der Waals surface area contributed by atoms with Crippen LogP contribution >= 0.6 is 0 Å². The molecule has 2 nitrogen and oxygen atoms in total. The summed E-state index contributed by atoms with van der Waals surface area (Å²) < 4.78 is 12.5. The lowest BCUT2D eigenvalue weighted by Crippen LogP contribution is -2.17. The van der Waals surface area contributed by atoms with Crippen LogP contribution in [0.5, 0.6) is 0 Å². The van der Waals surface area contributed by atoms with Gasteiger partial charge in [0.15, 0.2) is 0 Å². The van der Waals surface area contributed by atoms with Crippen molar-refractivity contribution >= 4 is 0 Å². The van der Waals surface area contributed by atoms with Gasteiger partial charge in [0.05, 0.1) is 6.20 Å². The Morgan fingerprint density at radius 1 is 1.64 bits per heavy atom. The van der Waals surface area contributed by atoms with Crippen LogP contribution in [-0.4, -0.2) is 11.0 Å². The van der Waals surface area contributed by atoms with Gasteiger partial charge < -0.3 is 5.73 Å². The highest BCUT2D eigenvalue weighted by Crippen LogP contribution is 2.02. The van der Waals surface area contributed by atoms with Gasteiger partial charge in [0.1, 0.15) is 5.82 Å². The minimum Gasteiger partial charge on any atom is -0.328 e. The zero-order valence-electron chi connectivity index (χ0n) is 6.42. The number of hydrogen-bond acceptors (Lipinski definition) is 2. The first-order valence-corrected chi connectivity index (χ1v) is 3.53. The highest BCUT2D eigenvalue weighted by Gasteiger charge is 1.98. The standard InChI is InChI=1S/C8H11FN2/c1-6(10)2-7-3-8(9)5-11-4-7/h3-6H,2,10H2,1H3. The summed E-state index contributed by atoms with van der Waals surface area (Å²) in [6.45, 7) is 1.88. The smallest absolute Gasteiger partial charge is 0.141 e. The maximum atomic E-state index is 12.5.